The fourth-order valence-electron chi connectivity index (χ4n) is 2.44. The first-order valence-electron chi connectivity index (χ1n) is 6.97. The average Bonchev–Trinajstić information content (AvgIpc) is 3.06. The average molecular weight is 285 g/mol. The van der Waals surface area contributed by atoms with E-state index in [0.29, 0.717) is 12.5 Å². The number of fused-ring (bicyclic) bond motifs is 1. The summed E-state index contributed by atoms with van der Waals surface area (Å²) < 4.78 is 3.85. The molecule has 7 heteroatoms. The monoisotopic (exact) mass is 285 g/mol. The molecule has 0 radical (unpaired) electrons. The summed E-state index contributed by atoms with van der Waals surface area (Å²) in [6.07, 6.45) is 5.56. The molecule has 0 aromatic carbocycles. The molecule has 0 spiro atoms. The SMILES string of the molecule is CNc1nc(Cn2ccnc2C(C)C)nc2c1cnn2C. The van der Waals surface area contributed by atoms with Gasteiger partial charge in [-0.25, -0.2) is 15.0 Å². The Morgan fingerprint density at radius 2 is 2.10 bits per heavy atom. The highest BCUT2D eigenvalue weighted by Crippen LogP contribution is 2.20. The van der Waals surface area contributed by atoms with Gasteiger partial charge >= 0.3 is 0 Å². The van der Waals surface area contributed by atoms with E-state index in [0.717, 1.165) is 28.5 Å². The Hall–Kier alpha value is -2.44. The van der Waals surface area contributed by atoms with Crippen LogP contribution in [-0.4, -0.2) is 36.3 Å². The van der Waals surface area contributed by atoms with Crippen LogP contribution in [0.2, 0.25) is 0 Å². The van der Waals surface area contributed by atoms with Gasteiger partial charge in [-0.1, -0.05) is 13.8 Å². The fraction of sp³-hybridized carbons (Fsp3) is 0.429. The van der Waals surface area contributed by atoms with Gasteiger partial charge in [0.05, 0.1) is 18.1 Å². The molecule has 7 nitrogen and oxygen atoms in total. The minimum Gasteiger partial charge on any atom is -0.372 e. The Labute approximate surface area is 123 Å². The molecule has 0 saturated heterocycles. The molecule has 0 aliphatic rings. The van der Waals surface area contributed by atoms with Crippen molar-refractivity contribution in [2.75, 3.05) is 12.4 Å². The molecule has 0 amide bonds. The second-order valence-corrected chi connectivity index (χ2v) is 5.31. The molecule has 0 bridgehead atoms. The summed E-state index contributed by atoms with van der Waals surface area (Å²) in [5.74, 6) is 2.95. The van der Waals surface area contributed by atoms with E-state index in [1.807, 2.05) is 26.5 Å². The summed E-state index contributed by atoms with van der Waals surface area (Å²) >= 11 is 0. The maximum atomic E-state index is 4.62. The summed E-state index contributed by atoms with van der Waals surface area (Å²) in [6, 6.07) is 0. The van der Waals surface area contributed by atoms with Gasteiger partial charge in [-0.05, 0) is 0 Å². The number of nitrogens with one attached hydrogen (secondary N) is 1. The van der Waals surface area contributed by atoms with Crippen LogP contribution in [-0.2, 0) is 13.6 Å². The molecule has 3 rings (SSSR count). The van der Waals surface area contributed by atoms with E-state index in [1.54, 1.807) is 10.9 Å². The number of aryl methyl sites for hydroxylation is 1. The zero-order valence-corrected chi connectivity index (χ0v) is 12.7. The molecule has 0 saturated carbocycles. The van der Waals surface area contributed by atoms with E-state index in [1.165, 1.54) is 0 Å². The van der Waals surface area contributed by atoms with E-state index in [-0.39, 0.29) is 0 Å². The lowest BCUT2D eigenvalue weighted by atomic mass is 10.2. The molecule has 0 aliphatic heterocycles. The van der Waals surface area contributed by atoms with Crippen LogP contribution >= 0.6 is 0 Å². The Kier molecular flexibility index (Phi) is 3.32. The number of rotatable bonds is 4. The first-order valence-corrected chi connectivity index (χ1v) is 6.97. The predicted octanol–water partition coefficient (Wildman–Crippen LogP) is 1.77. The van der Waals surface area contributed by atoms with Gasteiger partial charge in [-0.2, -0.15) is 5.10 Å². The van der Waals surface area contributed by atoms with E-state index < -0.39 is 0 Å². The highest BCUT2D eigenvalue weighted by molar-refractivity contribution is 5.86. The lowest BCUT2D eigenvalue weighted by molar-refractivity contribution is 0.650. The molecular formula is C14H19N7. The summed E-state index contributed by atoms with van der Waals surface area (Å²) in [7, 11) is 3.74. The minimum absolute atomic E-state index is 0.365. The van der Waals surface area contributed by atoms with E-state index in [9.17, 15) is 0 Å². The second-order valence-electron chi connectivity index (χ2n) is 5.31. The molecule has 0 unspecified atom stereocenters. The summed E-state index contributed by atoms with van der Waals surface area (Å²) in [5.41, 5.74) is 0.829. The molecule has 1 N–H and O–H groups in total. The fourth-order valence-corrected chi connectivity index (χ4v) is 2.44. The quantitative estimate of drug-likeness (QED) is 0.791. The zero-order chi connectivity index (χ0) is 15.0. The highest BCUT2D eigenvalue weighted by atomic mass is 15.3. The number of hydrogen-bond donors (Lipinski definition) is 1. The van der Waals surface area contributed by atoms with Crippen molar-refractivity contribution >= 4 is 16.9 Å². The third-order valence-corrected chi connectivity index (χ3v) is 3.45. The number of hydrogen-bond acceptors (Lipinski definition) is 5. The molecule has 3 aromatic rings. The first-order chi connectivity index (χ1) is 10.1. The van der Waals surface area contributed by atoms with E-state index in [4.69, 9.17) is 0 Å². The van der Waals surface area contributed by atoms with Gasteiger partial charge in [0.25, 0.3) is 0 Å². The van der Waals surface area contributed by atoms with Gasteiger partial charge in [0.15, 0.2) is 11.5 Å². The Bertz CT molecular complexity index is 769. The Balaban J connectivity index is 2.04. The van der Waals surface area contributed by atoms with Gasteiger partial charge in [0.1, 0.15) is 11.6 Å². The molecule has 0 atom stereocenters. The normalized spacial score (nSPS) is 11.5. The predicted molar refractivity (Wildman–Crippen MR) is 81.3 cm³/mol. The summed E-state index contributed by atoms with van der Waals surface area (Å²) in [5, 5.41) is 8.28. The smallest absolute Gasteiger partial charge is 0.163 e. The van der Waals surface area contributed by atoms with Crippen molar-refractivity contribution in [2.45, 2.75) is 26.3 Å². The minimum atomic E-state index is 0.365. The standard InChI is InChI=1S/C14H19N7/c1-9(2)13-16-5-6-21(13)8-11-18-12(15-3)10-7-17-20(4)14(10)19-11/h5-7,9H,8H2,1-4H3,(H,15,18,19). The van der Waals surface area contributed by atoms with Crippen LogP contribution in [0.3, 0.4) is 0 Å². The highest BCUT2D eigenvalue weighted by Gasteiger charge is 2.13. The zero-order valence-electron chi connectivity index (χ0n) is 12.7. The maximum Gasteiger partial charge on any atom is 0.163 e. The first kappa shape index (κ1) is 13.5. The lowest BCUT2D eigenvalue weighted by Gasteiger charge is -2.10. The van der Waals surface area contributed by atoms with Crippen molar-refractivity contribution < 1.29 is 0 Å². The molecular weight excluding hydrogens is 266 g/mol. The van der Waals surface area contributed by atoms with Gasteiger partial charge in [-0.3, -0.25) is 4.68 Å². The maximum absolute atomic E-state index is 4.62. The number of anilines is 1. The van der Waals surface area contributed by atoms with Crippen LogP contribution in [0.5, 0.6) is 0 Å². The number of nitrogens with zero attached hydrogens (tertiary/aromatic N) is 6. The van der Waals surface area contributed by atoms with Crippen molar-refractivity contribution in [3.8, 4) is 0 Å². The van der Waals surface area contributed by atoms with Crippen LogP contribution < -0.4 is 5.32 Å². The number of aromatic nitrogens is 6. The summed E-state index contributed by atoms with van der Waals surface area (Å²) in [4.78, 5) is 13.6. The molecule has 21 heavy (non-hydrogen) atoms. The van der Waals surface area contributed by atoms with Crippen LogP contribution in [0.1, 0.15) is 31.4 Å². The van der Waals surface area contributed by atoms with Crippen molar-refractivity contribution in [1.82, 2.24) is 29.3 Å². The van der Waals surface area contributed by atoms with Gasteiger partial charge in [-0.15, -0.1) is 0 Å². The van der Waals surface area contributed by atoms with Crippen LogP contribution in [0.4, 0.5) is 5.82 Å². The molecule has 110 valence electrons. The van der Waals surface area contributed by atoms with Gasteiger partial charge in [0.2, 0.25) is 0 Å². The lowest BCUT2D eigenvalue weighted by Crippen LogP contribution is -2.10. The van der Waals surface area contributed by atoms with Crippen molar-refractivity contribution in [2.24, 2.45) is 7.05 Å². The van der Waals surface area contributed by atoms with Gasteiger partial charge < -0.3 is 9.88 Å². The molecule has 3 aromatic heterocycles. The largest absolute Gasteiger partial charge is 0.372 e. The number of imidazole rings is 1. The van der Waals surface area contributed by atoms with E-state index >= 15 is 0 Å². The van der Waals surface area contributed by atoms with Gasteiger partial charge in [0, 0.05) is 32.4 Å². The van der Waals surface area contributed by atoms with E-state index in [2.05, 4.69) is 43.8 Å². The Morgan fingerprint density at radius 3 is 2.81 bits per heavy atom. The second kappa shape index (κ2) is 5.16. The van der Waals surface area contributed by atoms with Crippen LogP contribution in [0.25, 0.3) is 11.0 Å². The Morgan fingerprint density at radius 1 is 1.29 bits per heavy atom. The van der Waals surface area contributed by atoms with Crippen LogP contribution in [0, 0.1) is 0 Å². The topological polar surface area (TPSA) is 73.5 Å². The molecule has 3 heterocycles. The third-order valence-electron chi connectivity index (χ3n) is 3.45. The van der Waals surface area contributed by atoms with Crippen molar-refractivity contribution in [3.05, 3.63) is 30.2 Å². The molecule has 0 aliphatic carbocycles. The van der Waals surface area contributed by atoms with Crippen molar-refractivity contribution in [3.63, 3.8) is 0 Å². The third kappa shape index (κ3) is 2.35. The summed E-state index contributed by atoms with van der Waals surface area (Å²) in [6.45, 7) is 4.86. The van der Waals surface area contributed by atoms with Crippen LogP contribution in [0.15, 0.2) is 18.6 Å². The van der Waals surface area contributed by atoms with Crippen molar-refractivity contribution in [1.29, 1.82) is 0 Å². The molecule has 0 fully saturated rings.